The van der Waals surface area contributed by atoms with Crippen LogP contribution in [0.4, 0.5) is 5.82 Å². The molecule has 2 aromatic rings. The first-order valence-electron chi connectivity index (χ1n) is 9.39. The van der Waals surface area contributed by atoms with Crippen LogP contribution in [0.25, 0.3) is 0 Å². The summed E-state index contributed by atoms with van der Waals surface area (Å²) >= 11 is 0. The second-order valence-corrected chi connectivity index (χ2v) is 7.03. The molecule has 0 radical (unpaired) electrons. The summed E-state index contributed by atoms with van der Waals surface area (Å²) in [5.74, 6) is 1.15. The largest absolute Gasteiger partial charge is 0.378 e. The number of pyridine rings is 1. The number of ether oxygens (including phenoxy) is 1. The predicted octanol–water partition coefficient (Wildman–Crippen LogP) is 3.20. The van der Waals surface area contributed by atoms with E-state index < -0.39 is 0 Å². The Kier molecular flexibility index (Phi) is 4.89. The molecule has 3 heterocycles. The minimum Gasteiger partial charge on any atom is -0.378 e. The van der Waals surface area contributed by atoms with Crippen molar-refractivity contribution in [2.75, 3.05) is 37.7 Å². The number of hydrogen-bond acceptors (Lipinski definition) is 4. The molecule has 1 aromatic carbocycles. The molecule has 2 aliphatic rings. The second kappa shape index (κ2) is 7.46. The summed E-state index contributed by atoms with van der Waals surface area (Å²) in [6.45, 7) is 6.20. The molecule has 0 unspecified atom stereocenters. The SMILES string of the molecule is Cc1cc([C@@H]2CCCN2C(=O)c2ccccc2)cnc1N1CCOCC1. The molecule has 1 amide bonds. The van der Waals surface area contributed by atoms with Crippen molar-refractivity contribution >= 4 is 11.7 Å². The van der Waals surface area contributed by atoms with Crippen molar-refractivity contribution in [3.05, 3.63) is 59.3 Å². The van der Waals surface area contributed by atoms with Crippen molar-refractivity contribution in [1.82, 2.24) is 9.88 Å². The highest BCUT2D eigenvalue weighted by Crippen LogP contribution is 2.34. The Morgan fingerprint density at radius 2 is 1.92 bits per heavy atom. The van der Waals surface area contributed by atoms with Gasteiger partial charge in [0.05, 0.1) is 19.3 Å². The van der Waals surface area contributed by atoms with E-state index >= 15 is 0 Å². The summed E-state index contributed by atoms with van der Waals surface area (Å²) in [5.41, 5.74) is 3.07. The number of carbonyl (C=O) groups is 1. The molecule has 0 saturated carbocycles. The molecule has 0 bridgehead atoms. The van der Waals surface area contributed by atoms with Crippen molar-refractivity contribution < 1.29 is 9.53 Å². The Bertz CT molecular complexity index is 772. The number of carbonyl (C=O) groups excluding carboxylic acids is 1. The topological polar surface area (TPSA) is 45.7 Å². The highest BCUT2D eigenvalue weighted by Gasteiger charge is 2.31. The third kappa shape index (κ3) is 3.31. The van der Waals surface area contributed by atoms with E-state index in [9.17, 15) is 4.79 Å². The molecular formula is C21H25N3O2. The number of amides is 1. The number of benzene rings is 1. The van der Waals surface area contributed by atoms with Crippen molar-refractivity contribution in [1.29, 1.82) is 0 Å². The molecule has 5 heteroatoms. The van der Waals surface area contributed by atoms with Crippen LogP contribution < -0.4 is 4.90 Å². The van der Waals surface area contributed by atoms with Crippen LogP contribution in [0, 0.1) is 6.92 Å². The summed E-state index contributed by atoms with van der Waals surface area (Å²) in [6.07, 6.45) is 3.99. The summed E-state index contributed by atoms with van der Waals surface area (Å²) in [5, 5.41) is 0. The molecule has 1 aromatic heterocycles. The van der Waals surface area contributed by atoms with Gasteiger partial charge in [-0.25, -0.2) is 4.98 Å². The average Bonchev–Trinajstić information content (AvgIpc) is 3.18. The van der Waals surface area contributed by atoms with Crippen LogP contribution in [0.2, 0.25) is 0 Å². The number of aryl methyl sites for hydroxylation is 1. The van der Waals surface area contributed by atoms with E-state index in [2.05, 4.69) is 17.9 Å². The number of nitrogens with zero attached hydrogens (tertiary/aromatic N) is 3. The summed E-state index contributed by atoms with van der Waals surface area (Å²) in [4.78, 5) is 21.9. The second-order valence-electron chi connectivity index (χ2n) is 7.03. The van der Waals surface area contributed by atoms with Crippen molar-refractivity contribution in [3.8, 4) is 0 Å². The third-order valence-electron chi connectivity index (χ3n) is 5.30. The smallest absolute Gasteiger partial charge is 0.254 e. The fourth-order valence-corrected chi connectivity index (χ4v) is 3.98. The lowest BCUT2D eigenvalue weighted by Gasteiger charge is -2.30. The molecule has 0 spiro atoms. The van der Waals surface area contributed by atoms with Crippen LogP contribution in [0.1, 0.15) is 40.4 Å². The lowest BCUT2D eigenvalue weighted by molar-refractivity contribution is 0.0735. The maximum atomic E-state index is 12.9. The number of rotatable bonds is 3. The monoisotopic (exact) mass is 351 g/mol. The van der Waals surface area contributed by atoms with Gasteiger partial charge in [0.25, 0.3) is 5.91 Å². The summed E-state index contributed by atoms with van der Waals surface area (Å²) in [6, 6.07) is 11.9. The van der Waals surface area contributed by atoms with Crippen LogP contribution in [-0.4, -0.2) is 48.6 Å². The molecule has 1 atom stereocenters. The third-order valence-corrected chi connectivity index (χ3v) is 5.30. The van der Waals surface area contributed by atoms with Crippen LogP contribution in [0.3, 0.4) is 0 Å². The van der Waals surface area contributed by atoms with E-state index in [1.54, 1.807) is 0 Å². The standard InChI is InChI=1S/C21H25N3O2/c1-16-14-18(15-22-20(16)23-10-12-26-13-11-23)19-8-5-9-24(19)21(25)17-6-3-2-4-7-17/h2-4,6-7,14-15,19H,5,8-13H2,1H3/t19-/m0/s1. The predicted molar refractivity (Wildman–Crippen MR) is 101 cm³/mol. The minimum absolute atomic E-state index is 0.114. The van der Waals surface area contributed by atoms with E-state index in [0.717, 1.165) is 62.6 Å². The van der Waals surface area contributed by atoms with Crippen molar-refractivity contribution in [2.45, 2.75) is 25.8 Å². The Morgan fingerprint density at radius 1 is 1.15 bits per heavy atom. The van der Waals surface area contributed by atoms with Crippen molar-refractivity contribution in [2.24, 2.45) is 0 Å². The molecule has 4 rings (SSSR count). The Hall–Kier alpha value is -2.40. The lowest BCUT2D eigenvalue weighted by Crippen LogP contribution is -2.37. The molecule has 2 fully saturated rings. The van der Waals surface area contributed by atoms with Crippen LogP contribution in [0.5, 0.6) is 0 Å². The van der Waals surface area contributed by atoms with Gasteiger partial charge in [-0.05, 0) is 49.1 Å². The zero-order valence-corrected chi connectivity index (χ0v) is 15.2. The molecule has 5 nitrogen and oxygen atoms in total. The van der Waals surface area contributed by atoms with Gasteiger partial charge in [0.2, 0.25) is 0 Å². The normalized spacial score (nSPS) is 20.4. The molecule has 2 aliphatic heterocycles. The van der Waals surface area contributed by atoms with Crippen LogP contribution >= 0.6 is 0 Å². The van der Waals surface area contributed by atoms with E-state index in [4.69, 9.17) is 9.72 Å². The highest BCUT2D eigenvalue weighted by atomic mass is 16.5. The summed E-state index contributed by atoms with van der Waals surface area (Å²) in [7, 11) is 0. The molecule has 0 aliphatic carbocycles. The number of likely N-dealkylation sites (tertiary alicyclic amines) is 1. The van der Waals surface area contributed by atoms with Crippen LogP contribution in [-0.2, 0) is 4.74 Å². The van der Waals surface area contributed by atoms with Gasteiger partial charge >= 0.3 is 0 Å². The summed E-state index contributed by atoms with van der Waals surface area (Å²) < 4.78 is 5.43. The Balaban J connectivity index is 1.56. The van der Waals surface area contributed by atoms with Gasteiger partial charge in [0.1, 0.15) is 5.82 Å². The quantitative estimate of drug-likeness (QED) is 0.852. The van der Waals surface area contributed by atoms with Gasteiger partial charge in [-0.1, -0.05) is 18.2 Å². The zero-order chi connectivity index (χ0) is 17.9. The van der Waals surface area contributed by atoms with E-state index in [-0.39, 0.29) is 11.9 Å². The average molecular weight is 351 g/mol. The molecular weight excluding hydrogens is 326 g/mol. The van der Waals surface area contributed by atoms with Crippen LogP contribution in [0.15, 0.2) is 42.6 Å². The first-order valence-corrected chi connectivity index (χ1v) is 9.39. The van der Waals surface area contributed by atoms with Gasteiger partial charge < -0.3 is 14.5 Å². The molecule has 136 valence electrons. The molecule has 2 saturated heterocycles. The van der Waals surface area contributed by atoms with E-state index in [0.29, 0.717) is 0 Å². The number of anilines is 1. The van der Waals surface area contributed by atoms with Crippen molar-refractivity contribution in [3.63, 3.8) is 0 Å². The Morgan fingerprint density at radius 3 is 2.65 bits per heavy atom. The highest BCUT2D eigenvalue weighted by molar-refractivity contribution is 5.94. The van der Waals surface area contributed by atoms with Gasteiger partial charge in [-0.3, -0.25) is 4.79 Å². The molecule has 0 N–H and O–H groups in total. The number of morpholine rings is 1. The van der Waals surface area contributed by atoms with Gasteiger partial charge in [0.15, 0.2) is 0 Å². The maximum absolute atomic E-state index is 12.9. The van der Waals surface area contributed by atoms with Gasteiger partial charge in [-0.15, -0.1) is 0 Å². The van der Waals surface area contributed by atoms with E-state index in [1.807, 2.05) is 41.4 Å². The number of aromatic nitrogens is 1. The molecule has 26 heavy (non-hydrogen) atoms. The zero-order valence-electron chi connectivity index (χ0n) is 15.2. The first kappa shape index (κ1) is 17.0. The van der Waals surface area contributed by atoms with Gasteiger partial charge in [0, 0.05) is 31.4 Å². The van der Waals surface area contributed by atoms with E-state index in [1.165, 1.54) is 5.56 Å². The minimum atomic E-state index is 0.114. The van der Waals surface area contributed by atoms with Gasteiger partial charge in [-0.2, -0.15) is 0 Å². The Labute approximate surface area is 154 Å². The lowest BCUT2D eigenvalue weighted by atomic mass is 10.0. The fourth-order valence-electron chi connectivity index (χ4n) is 3.98. The maximum Gasteiger partial charge on any atom is 0.254 e. The number of hydrogen-bond donors (Lipinski definition) is 0. The fraction of sp³-hybridized carbons (Fsp3) is 0.429. The first-order chi connectivity index (χ1) is 12.7.